The lowest BCUT2D eigenvalue weighted by Gasteiger charge is -2.31. The van der Waals surface area contributed by atoms with E-state index in [9.17, 15) is 0 Å². The van der Waals surface area contributed by atoms with E-state index in [2.05, 4.69) is 27.7 Å². The molecule has 0 heterocycles. The van der Waals surface area contributed by atoms with Gasteiger partial charge in [-0.1, -0.05) is 130 Å². The van der Waals surface area contributed by atoms with Gasteiger partial charge < -0.3 is 5.73 Å². The predicted octanol–water partition coefficient (Wildman–Crippen LogP) is 8.40. The molecule has 0 aromatic carbocycles. The van der Waals surface area contributed by atoms with Crippen LogP contribution in [0.5, 0.6) is 0 Å². The van der Waals surface area contributed by atoms with Crippen LogP contribution in [0.2, 0.25) is 0 Å². The van der Waals surface area contributed by atoms with Crippen LogP contribution in [-0.2, 0) is 0 Å². The average molecular weight is 354 g/mol. The Morgan fingerprint density at radius 3 is 1.28 bits per heavy atom. The largest absolute Gasteiger partial charge is 0.327 e. The molecule has 0 aromatic heterocycles. The van der Waals surface area contributed by atoms with Crippen LogP contribution < -0.4 is 5.73 Å². The van der Waals surface area contributed by atoms with E-state index < -0.39 is 0 Å². The summed E-state index contributed by atoms with van der Waals surface area (Å²) in [6, 6.07) is 0.384. The van der Waals surface area contributed by atoms with E-state index in [0.29, 0.717) is 11.5 Å². The van der Waals surface area contributed by atoms with Gasteiger partial charge in [-0.2, -0.15) is 0 Å². The first-order chi connectivity index (χ1) is 12.0. The smallest absolute Gasteiger partial charge is 0.00902 e. The zero-order chi connectivity index (χ0) is 18.8. The van der Waals surface area contributed by atoms with Gasteiger partial charge >= 0.3 is 0 Å². The molecule has 0 saturated carbocycles. The summed E-state index contributed by atoms with van der Waals surface area (Å²) in [6.45, 7) is 9.24. The Bertz CT molecular complexity index is 259. The normalized spacial score (nSPS) is 13.3. The second-order valence-corrected chi connectivity index (χ2v) is 9.08. The maximum atomic E-state index is 6.39. The maximum Gasteiger partial charge on any atom is 0.00902 e. The summed E-state index contributed by atoms with van der Waals surface area (Å²) < 4.78 is 0. The fourth-order valence-corrected chi connectivity index (χ4v) is 3.96. The third kappa shape index (κ3) is 15.9. The fourth-order valence-electron chi connectivity index (χ4n) is 3.96. The molecule has 0 fully saturated rings. The zero-order valence-corrected chi connectivity index (χ0v) is 18.4. The predicted molar refractivity (Wildman–Crippen MR) is 116 cm³/mol. The molecule has 1 nitrogen and oxygen atoms in total. The lowest BCUT2D eigenvalue weighted by molar-refractivity contribution is 0.244. The van der Waals surface area contributed by atoms with Gasteiger partial charge in [-0.05, 0) is 18.3 Å². The fraction of sp³-hybridized carbons (Fsp3) is 1.00. The van der Waals surface area contributed by atoms with E-state index in [1.807, 2.05) is 0 Å². The topological polar surface area (TPSA) is 26.0 Å². The number of hydrogen-bond donors (Lipinski definition) is 1. The molecular weight excluding hydrogens is 302 g/mol. The molecule has 152 valence electrons. The first-order valence-electron chi connectivity index (χ1n) is 11.8. The highest BCUT2D eigenvalue weighted by atomic mass is 14.7. The molecule has 0 radical (unpaired) electrons. The molecule has 0 aliphatic rings. The zero-order valence-electron chi connectivity index (χ0n) is 18.4. The lowest BCUT2D eigenvalue weighted by Crippen LogP contribution is -2.37. The van der Waals surface area contributed by atoms with Crippen LogP contribution in [0, 0.1) is 5.41 Å². The molecule has 0 aliphatic heterocycles. The summed E-state index contributed by atoms with van der Waals surface area (Å²) in [6.07, 6.45) is 25.2. The first-order valence-corrected chi connectivity index (χ1v) is 11.8. The highest BCUT2D eigenvalue weighted by Gasteiger charge is 2.24. The minimum atomic E-state index is 0.324. The number of hydrogen-bond acceptors (Lipinski definition) is 1. The van der Waals surface area contributed by atoms with E-state index in [1.54, 1.807) is 0 Å². The second kappa shape index (κ2) is 17.4. The van der Waals surface area contributed by atoms with Crippen LogP contribution in [0.25, 0.3) is 0 Å². The van der Waals surface area contributed by atoms with Crippen LogP contribution in [0.1, 0.15) is 143 Å². The van der Waals surface area contributed by atoms with Gasteiger partial charge in [0.15, 0.2) is 0 Å². The van der Waals surface area contributed by atoms with Crippen molar-refractivity contribution in [1.29, 1.82) is 0 Å². The minimum Gasteiger partial charge on any atom is -0.327 e. The van der Waals surface area contributed by atoms with Crippen molar-refractivity contribution < 1.29 is 0 Å². The Morgan fingerprint density at radius 2 is 0.920 bits per heavy atom. The van der Waals surface area contributed by atoms with Crippen LogP contribution in [0.15, 0.2) is 0 Å². The monoisotopic (exact) mass is 353 g/mol. The number of nitrogens with two attached hydrogens (primary N) is 1. The van der Waals surface area contributed by atoms with E-state index in [-0.39, 0.29) is 0 Å². The molecule has 0 saturated heterocycles. The van der Waals surface area contributed by atoms with Crippen molar-refractivity contribution in [3.8, 4) is 0 Å². The first kappa shape index (κ1) is 25.0. The minimum absolute atomic E-state index is 0.324. The second-order valence-electron chi connectivity index (χ2n) is 9.08. The van der Waals surface area contributed by atoms with Crippen molar-refractivity contribution in [1.82, 2.24) is 0 Å². The van der Waals surface area contributed by atoms with Crippen molar-refractivity contribution in [2.24, 2.45) is 11.1 Å². The molecule has 0 spiro atoms. The number of unbranched alkanes of at least 4 members (excludes halogenated alkanes) is 14. The molecular formula is C24H51N. The summed E-state index contributed by atoms with van der Waals surface area (Å²) in [5.74, 6) is 0. The van der Waals surface area contributed by atoms with Gasteiger partial charge in [-0.15, -0.1) is 0 Å². The molecule has 0 amide bonds. The van der Waals surface area contributed by atoms with Crippen molar-refractivity contribution in [2.45, 2.75) is 149 Å². The van der Waals surface area contributed by atoms with Crippen molar-refractivity contribution in [3.05, 3.63) is 0 Å². The quantitative estimate of drug-likeness (QED) is 0.232. The third-order valence-electron chi connectivity index (χ3n) is 6.02. The van der Waals surface area contributed by atoms with Crippen LogP contribution in [-0.4, -0.2) is 6.04 Å². The molecule has 0 rings (SSSR count). The number of rotatable bonds is 19. The molecule has 1 unspecified atom stereocenters. The molecule has 0 aliphatic carbocycles. The van der Waals surface area contributed by atoms with E-state index in [1.165, 1.54) is 116 Å². The van der Waals surface area contributed by atoms with Crippen LogP contribution in [0.4, 0.5) is 0 Å². The van der Waals surface area contributed by atoms with Crippen molar-refractivity contribution >= 4 is 0 Å². The van der Waals surface area contributed by atoms with Crippen LogP contribution in [0.3, 0.4) is 0 Å². The molecule has 2 N–H and O–H groups in total. The van der Waals surface area contributed by atoms with Gasteiger partial charge in [0.05, 0.1) is 0 Å². The van der Waals surface area contributed by atoms with Gasteiger partial charge in [0.2, 0.25) is 0 Å². The summed E-state index contributed by atoms with van der Waals surface area (Å²) in [4.78, 5) is 0. The Labute approximate surface area is 160 Å². The van der Waals surface area contributed by atoms with Gasteiger partial charge in [-0.25, -0.2) is 0 Å². The highest BCUT2D eigenvalue weighted by molar-refractivity contribution is 4.80. The van der Waals surface area contributed by atoms with E-state index in [4.69, 9.17) is 5.73 Å². The Kier molecular flexibility index (Phi) is 17.3. The van der Waals surface area contributed by atoms with Crippen molar-refractivity contribution in [2.75, 3.05) is 0 Å². The highest BCUT2D eigenvalue weighted by Crippen LogP contribution is 2.28. The Hall–Kier alpha value is -0.0400. The van der Waals surface area contributed by atoms with E-state index >= 15 is 0 Å². The SMILES string of the molecule is CCCCCCCCCCCCCCCCCC(N)C(C)(C)CCC. The Morgan fingerprint density at radius 1 is 0.560 bits per heavy atom. The van der Waals surface area contributed by atoms with E-state index in [0.717, 1.165) is 0 Å². The van der Waals surface area contributed by atoms with Gasteiger partial charge in [0.1, 0.15) is 0 Å². The third-order valence-corrected chi connectivity index (χ3v) is 6.02. The molecule has 1 heteroatoms. The molecule has 0 bridgehead atoms. The summed E-state index contributed by atoms with van der Waals surface area (Å²) >= 11 is 0. The molecule has 0 aromatic rings. The summed E-state index contributed by atoms with van der Waals surface area (Å²) in [5.41, 5.74) is 6.72. The van der Waals surface area contributed by atoms with Gasteiger partial charge in [-0.3, -0.25) is 0 Å². The van der Waals surface area contributed by atoms with Crippen molar-refractivity contribution in [3.63, 3.8) is 0 Å². The lowest BCUT2D eigenvalue weighted by atomic mass is 9.78. The van der Waals surface area contributed by atoms with Gasteiger partial charge in [0.25, 0.3) is 0 Å². The standard InChI is InChI=1S/C24H51N/c1-5-7-8-9-10-11-12-13-14-15-16-17-18-19-20-21-23(25)24(3,4)22-6-2/h23H,5-22,25H2,1-4H3. The summed E-state index contributed by atoms with van der Waals surface area (Å²) in [7, 11) is 0. The summed E-state index contributed by atoms with van der Waals surface area (Å²) in [5, 5.41) is 0. The maximum absolute atomic E-state index is 6.39. The van der Waals surface area contributed by atoms with Crippen LogP contribution >= 0.6 is 0 Å². The molecule has 25 heavy (non-hydrogen) atoms. The average Bonchev–Trinajstić information content (AvgIpc) is 2.58. The Balaban J connectivity index is 3.24. The molecule has 1 atom stereocenters. The van der Waals surface area contributed by atoms with Gasteiger partial charge in [0, 0.05) is 6.04 Å².